The molecule has 3 rings (SSSR count). The maximum Gasteiger partial charge on any atom is 0.218 e. The molecule has 0 amide bonds. The minimum absolute atomic E-state index is 0.0277. The van der Waals surface area contributed by atoms with Gasteiger partial charge in [-0.1, -0.05) is 42.5 Å². The number of aliphatic hydroxyl groups is 1. The van der Waals surface area contributed by atoms with Gasteiger partial charge in [0.1, 0.15) is 5.75 Å². The molecule has 6 nitrogen and oxygen atoms in total. The molecule has 0 aliphatic carbocycles. The van der Waals surface area contributed by atoms with Crippen molar-refractivity contribution >= 4 is 10.0 Å². The maximum absolute atomic E-state index is 13.0. The minimum atomic E-state index is -3.47. The van der Waals surface area contributed by atoms with E-state index >= 15 is 0 Å². The van der Waals surface area contributed by atoms with Crippen molar-refractivity contribution < 1.29 is 18.3 Å². The molecule has 1 aliphatic heterocycles. The van der Waals surface area contributed by atoms with E-state index in [9.17, 15) is 13.5 Å². The lowest BCUT2D eigenvalue weighted by molar-refractivity contribution is -0.0698. The predicted molar refractivity (Wildman–Crippen MR) is 114 cm³/mol. The molecule has 0 aromatic heterocycles. The number of benzene rings is 2. The standard InChI is InChI=1S/C22H30N2O4S/c1-23(2)15-20-16-24(29(26,27)17-18-8-5-4-6-9-18)13-12-22(20,25)19-10-7-11-21(14-19)28-3/h4-11,14,20,25H,12-13,15-17H2,1-3H3/t20-,22-/m1/s1. The lowest BCUT2D eigenvalue weighted by Crippen LogP contribution is -2.54. The van der Waals surface area contributed by atoms with Gasteiger partial charge in [-0.05, 0) is 43.8 Å². The van der Waals surface area contributed by atoms with Gasteiger partial charge < -0.3 is 14.7 Å². The summed E-state index contributed by atoms with van der Waals surface area (Å²) in [7, 11) is 1.99. The van der Waals surface area contributed by atoms with Gasteiger partial charge in [0, 0.05) is 25.6 Å². The second kappa shape index (κ2) is 8.83. The first-order chi connectivity index (χ1) is 13.7. The number of nitrogens with zero attached hydrogens (tertiary/aromatic N) is 2. The number of ether oxygens (including phenoxy) is 1. The molecule has 29 heavy (non-hydrogen) atoms. The summed E-state index contributed by atoms with van der Waals surface area (Å²) in [6.45, 7) is 1.14. The molecule has 1 N–H and O–H groups in total. The van der Waals surface area contributed by atoms with Crippen LogP contribution >= 0.6 is 0 Å². The first kappa shape index (κ1) is 21.8. The summed E-state index contributed by atoms with van der Waals surface area (Å²) < 4.78 is 32.9. The highest BCUT2D eigenvalue weighted by Crippen LogP contribution is 2.40. The Bertz CT molecular complexity index is 917. The largest absolute Gasteiger partial charge is 0.497 e. The van der Waals surface area contributed by atoms with Crippen LogP contribution in [0.25, 0.3) is 0 Å². The van der Waals surface area contributed by atoms with E-state index in [1.54, 1.807) is 7.11 Å². The summed E-state index contributed by atoms with van der Waals surface area (Å²) in [5, 5.41) is 11.6. The Morgan fingerprint density at radius 1 is 1.17 bits per heavy atom. The zero-order chi connectivity index (χ0) is 21.1. The molecule has 0 unspecified atom stereocenters. The fourth-order valence-electron chi connectivity index (χ4n) is 4.04. The highest BCUT2D eigenvalue weighted by Gasteiger charge is 2.45. The van der Waals surface area contributed by atoms with Crippen LogP contribution in [0, 0.1) is 5.92 Å². The minimum Gasteiger partial charge on any atom is -0.497 e. The normalized spacial score (nSPS) is 23.3. The zero-order valence-electron chi connectivity index (χ0n) is 17.3. The number of sulfonamides is 1. The molecule has 1 saturated heterocycles. The third-order valence-electron chi connectivity index (χ3n) is 5.58. The summed E-state index contributed by atoms with van der Waals surface area (Å²) >= 11 is 0. The molecule has 2 aromatic rings. The van der Waals surface area contributed by atoms with Gasteiger partial charge in [-0.25, -0.2) is 12.7 Å². The Hall–Kier alpha value is -1.93. The fraction of sp³-hybridized carbons (Fsp3) is 0.455. The van der Waals surface area contributed by atoms with Crippen molar-refractivity contribution in [1.82, 2.24) is 9.21 Å². The predicted octanol–water partition coefficient (Wildman–Crippen LogP) is 2.30. The van der Waals surface area contributed by atoms with Crippen LogP contribution < -0.4 is 4.74 Å². The van der Waals surface area contributed by atoms with Crippen LogP contribution in [0.1, 0.15) is 17.5 Å². The molecular weight excluding hydrogens is 388 g/mol. The number of hydrogen-bond donors (Lipinski definition) is 1. The van der Waals surface area contributed by atoms with Gasteiger partial charge in [-0.2, -0.15) is 0 Å². The highest BCUT2D eigenvalue weighted by molar-refractivity contribution is 7.88. The van der Waals surface area contributed by atoms with Crippen molar-refractivity contribution in [2.45, 2.75) is 17.8 Å². The van der Waals surface area contributed by atoms with Gasteiger partial charge in [0.15, 0.2) is 0 Å². The van der Waals surface area contributed by atoms with Gasteiger partial charge in [-0.3, -0.25) is 0 Å². The number of piperidine rings is 1. The van der Waals surface area contributed by atoms with Crippen molar-refractivity contribution in [3.8, 4) is 5.75 Å². The van der Waals surface area contributed by atoms with E-state index in [-0.39, 0.29) is 24.8 Å². The SMILES string of the molecule is COc1cccc([C@]2(O)CCN(S(=O)(=O)Cc3ccccc3)C[C@H]2CN(C)C)c1. The lowest BCUT2D eigenvalue weighted by Gasteiger charge is -2.45. The monoisotopic (exact) mass is 418 g/mol. The Morgan fingerprint density at radius 2 is 1.90 bits per heavy atom. The number of rotatable bonds is 7. The molecule has 0 saturated carbocycles. The fourth-order valence-corrected chi connectivity index (χ4v) is 5.61. The number of hydrogen-bond acceptors (Lipinski definition) is 5. The quantitative estimate of drug-likeness (QED) is 0.747. The van der Waals surface area contributed by atoms with Crippen molar-refractivity contribution in [2.75, 3.05) is 40.8 Å². The molecule has 0 radical (unpaired) electrons. The van der Waals surface area contributed by atoms with E-state index in [0.29, 0.717) is 18.7 Å². The molecule has 7 heteroatoms. The van der Waals surface area contributed by atoms with Crippen LogP contribution in [0.15, 0.2) is 54.6 Å². The van der Waals surface area contributed by atoms with Crippen molar-refractivity contribution in [3.05, 3.63) is 65.7 Å². The Labute approximate surface area is 173 Å². The number of methoxy groups -OCH3 is 1. The smallest absolute Gasteiger partial charge is 0.218 e. The summed E-state index contributed by atoms with van der Waals surface area (Å²) in [6.07, 6.45) is 0.340. The van der Waals surface area contributed by atoms with Crippen LogP contribution in [0.3, 0.4) is 0 Å². The first-order valence-electron chi connectivity index (χ1n) is 9.78. The Kier molecular flexibility index (Phi) is 6.63. The van der Waals surface area contributed by atoms with Crippen LogP contribution in [0.2, 0.25) is 0 Å². The molecule has 2 atom stereocenters. The van der Waals surface area contributed by atoms with Crippen LogP contribution in [0.5, 0.6) is 5.75 Å². The molecule has 1 aliphatic rings. The first-order valence-corrected chi connectivity index (χ1v) is 11.4. The van der Waals surface area contributed by atoms with E-state index < -0.39 is 15.6 Å². The second-order valence-electron chi connectivity index (χ2n) is 7.97. The van der Waals surface area contributed by atoms with Crippen molar-refractivity contribution in [1.29, 1.82) is 0 Å². The lowest BCUT2D eigenvalue weighted by atomic mass is 9.76. The average Bonchev–Trinajstić information content (AvgIpc) is 2.69. The van der Waals surface area contributed by atoms with Crippen LogP contribution in [-0.4, -0.2) is 63.6 Å². The highest BCUT2D eigenvalue weighted by atomic mass is 32.2. The van der Waals surface area contributed by atoms with Gasteiger partial charge in [0.2, 0.25) is 10.0 Å². The maximum atomic E-state index is 13.0. The summed E-state index contributed by atoms with van der Waals surface area (Å²) in [4.78, 5) is 1.99. The third-order valence-corrected chi connectivity index (χ3v) is 7.40. The molecule has 0 bridgehead atoms. The summed E-state index contributed by atoms with van der Waals surface area (Å²) in [6, 6.07) is 16.6. The topological polar surface area (TPSA) is 70.1 Å². The van der Waals surface area contributed by atoms with Gasteiger partial charge >= 0.3 is 0 Å². The zero-order valence-corrected chi connectivity index (χ0v) is 18.1. The molecular formula is C22H30N2O4S. The van der Waals surface area contributed by atoms with E-state index in [0.717, 1.165) is 11.1 Å². The molecule has 0 spiro atoms. The average molecular weight is 419 g/mol. The third kappa shape index (κ3) is 4.98. The molecule has 1 heterocycles. The van der Waals surface area contributed by atoms with Gasteiger partial charge in [0.05, 0.1) is 18.5 Å². The van der Waals surface area contributed by atoms with E-state index in [4.69, 9.17) is 4.74 Å². The summed E-state index contributed by atoms with van der Waals surface area (Å²) in [5.74, 6) is 0.391. The van der Waals surface area contributed by atoms with E-state index in [1.165, 1.54) is 4.31 Å². The van der Waals surface area contributed by atoms with Crippen molar-refractivity contribution in [2.24, 2.45) is 5.92 Å². The van der Waals surface area contributed by atoms with Crippen molar-refractivity contribution in [3.63, 3.8) is 0 Å². The molecule has 158 valence electrons. The van der Waals surface area contributed by atoms with Gasteiger partial charge in [0.25, 0.3) is 0 Å². The van der Waals surface area contributed by atoms with Crippen LogP contribution in [-0.2, 0) is 21.4 Å². The molecule has 2 aromatic carbocycles. The van der Waals surface area contributed by atoms with E-state index in [2.05, 4.69) is 0 Å². The Morgan fingerprint density at radius 3 is 2.55 bits per heavy atom. The Balaban J connectivity index is 1.86. The molecule has 1 fully saturated rings. The summed E-state index contributed by atoms with van der Waals surface area (Å²) in [5.41, 5.74) is 0.423. The van der Waals surface area contributed by atoms with E-state index in [1.807, 2.05) is 73.6 Å². The second-order valence-corrected chi connectivity index (χ2v) is 9.93. The van der Waals surface area contributed by atoms with Gasteiger partial charge in [-0.15, -0.1) is 0 Å². The van der Waals surface area contributed by atoms with Crippen LogP contribution in [0.4, 0.5) is 0 Å².